The molecule has 2 saturated heterocycles. The molecule has 2 aliphatic heterocycles. The lowest BCUT2D eigenvalue weighted by Gasteiger charge is -2.30. The van der Waals surface area contributed by atoms with Crippen LogP contribution in [0.3, 0.4) is 0 Å². The SMILES string of the molecule is C#C[C@@]1(O)[C@@H](COC(Cc2ccccc2)(C(=O)O)C(=O)O)O[C@@H](n2cnc3c(N4CCC(O)C4)nc(Cl)nc32)[C@@H]1O. The number of aliphatic hydroxyl groups excluding tert-OH is 2. The van der Waals surface area contributed by atoms with Crippen LogP contribution in [0.2, 0.25) is 5.28 Å². The van der Waals surface area contributed by atoms with Crippen LogP contribution in [0.15, 0.2) is 36.7 Å². The molecule has 0 aliphatic carbocycles. The Morgan fingerprint density at radius 3 is 2.54 bits per heavy atom. The number of hydrogen-bond acceptors (Lipinski definition) is 11. The van der Waals surface area contributed by atoms with E-state index in [9.17, 15) is 35.1 Å². The fourth-order valence-corrected chi connectivity index (χ4v) is 5.21. The summed E-state index contributed by atoms with van der Waals surface area (Å²) in [6.07, 6.45) is 1.49. The number of hydrogen-bond donors (Lipinski definition) is 5. The van der Waals surface area contributed by atoms with Crippen molar-refractivity contribution in [3.05, 3.63) is 47.5 Å². The van der Waals surface area contributed by atoms with E-state index in [2.05, 4.69) is 20.9 Å². The monoisotopic (exact) mass is 587 g/mol. The second kappa shape index (κ2) is 10.9. The Bertz CT molecular complexity index is 1500. The lowest BCUT2D eigenvalue weighted by Crippen LogP contribution is -2.55. The first-order valence-corrected chi connectivity index (χ1v) is 12.9. The Morgan fingerprint density at radius 2 is 1.93 bits per heavy atom. The molecule has 5 N–H and O–H groups in total. The van der Waals surface area contributed by atoms with E-state index < -0.39 is 60.7 Å². The van der Waals surface area contributed by atoms with E-state index in [4.69, 9.17) is 27.5 Å². The van der Waals surface area contributed by atoms with Gasteiger partial charge in [-0.05, 0) is 23.6 Å². The third-order valence-electron chi connectivity index (χ3n) is 7.33. The van der Waals surface area contributed by atoms with Crippen molar-refractivity contribution in [3.63, 3.8) is 0 Å². The van der Waals surface area contributed by atoms with Gasteiger partial charge < -0.3 is 39.9 Å². The van der Waals surface area contributed by atoms with Crippen LogP contribution < -0.4 is 4.90 Å². The van der Waals surface area contributed by atoms with Gasteiger partial charge in [-0.1, -0.05) is 36.3 Å². The maximum Gasteiger partial charge on any atom is 0.348 e. The lowest BCUT2D eigenvalue weighted by atomic mass is 9.92. The molecule has 216 valence electrons. The normalized spacial score (nSPS) is 26.4. The van der Waals surface area contributed by atoms with Crippen LogP contribution in [0.4, 0.5) is 5.82 Å². The predicted molar refractivity (Wildman–Crippen MR) is 141 cm³/mol. The summed E-state index contributed by atoms with van der Waals surface area (Å²) in [5.41, 5.74) is -4.39. The zero-order valence-corrected chi connectivity index (χ0v) is 22.1. The summed E-state index contributed by atoms with van der Waals surface area (Å²) in [6, 6.07) is 8.00. The molecular formula is C26H26ClN5O9. The Balaban J connectivity index is 1.45. The summed E-state index contributed by atoms with van der Waals surface area (Å²) in [6.45, 7) is -0.0157. The molecule has 4 heterocycles. The number of aliphatic hydroxyl groups is 3. The van der Waals surface area contributed by atoms with Gasteiger partial charge in [0.2, 0.25) is 5.28 Å². The van der Waals surface area contributed by atoms with Gasteiger partial charge in [-0.25, -0.2) is 14.6 Å². The molecule has 5 atom stereocenters. The van der Waals surface area contributed by atoms with Crippen molar-refractivity contribution in [1.82, 2.24) is 19.5 Å². The summed E-state index contributed by atoms with van der Waals surface area (Å²) >= 11 is 6.18. The molecule has 14 nitrogen and oxygen atoms in total. The molecule has 5 rings (SSSR count). The molecule has 1 unspecified atom stereocenters. The quantitative estimate of drug-likeness (QED) is 0.126. The van der Waals surface area contributed by atoms with Crippen LogP contribution in [0.25, 0.3) is 11.2 Å². The lowest BCUT2D eigenvalue weighted by molar-refractivity contribution is -0.191. The smallest absolute Gasteiger partial charge is 0.348 e. The highest BCUT2D eigenvalue weighted by Gasteiger charge is 2.58. The second-order valence-corrected chi connectivity index (χ2v) is 10.2. The van der Waals surface area contributed by atoms with E-state index in [1.807, 2.05) is 0 Å². The van der Waals surface area contributed by atoms with Crippen molar-refractivity contribution in [3.8, 4) is 12.3 Å². The molecule has 0 radical (unpaired) electrons. The van der Waals surface area contributed by atoms with E-state index in [-0.39, 0.29) is 16.4 Å². The highest BCUT2D eigenvalue weighted by Crippen LogP contribution is 2.40. The average molecular weight is 588 g/mol. The summed E-state index contributed by atoms with van der Waals surface area (Å²) in [5.74, 6) is -1.13. The number of carbonyl (C=O) groups is 2. The number of β-amino-alcohol motifs (C(OH)–C–C–N with tert-alkyl or cyclic N) is 1. The summed E-state index contributed by atoms with van der Waals surface area (Å²) in [7, 11) is 0. The average Bonchev–Trinajstić information content (AvgIpc) is 3.63. The van der Waals surface area contributed by atoms with Gasteiger partial charge in [0.25, 0.3) is 5.60 Å². The highest BCUT2D eigenvalue weighted by molar-refractivity contribution is 6.28. The van der Waals surface area contributed by atoms with Crippen molar-refractivity contribution >= 4 is 40.5 Å². The number of imidazole rings is 1. The van der Waals surface area contributed by atoms with Gasteiger partial charge in [-0.15, -0.1) is 6.42 Å². The molecular weight excluding hydrogens is 562 g/mol. The number of aliphatic carboxylic acids is 2. The third-order valence-corrected chi connectivity index (χ3v) is 7.50. The van der Waals surface area contributed by atoms with Crippen LogP contribution in [0, 0.1) is 12.3 Å². The molecule has 15 heteroatoms. The van der Waals surface area contributed by atoms with E-state index in [0.29, 0.717) is 30.9 Å². The largest absolute Gasteiger partial charge is 0.479 e. The number of rotatable bonds is 9. The molecule has 1 aromatic carbocycles. The Hall–Kier alpha value is -3.84. The molecule has 0 saturated carbocycles. The summed E-state index contributed by atoms with van der Waals surface area (Å²) < 4.78 is 12.6. The van der Waals surface area contributed by atoms with E-state index in [0.717, 1.165) is 0 Å². The van der Waals surface area contributed by atoms with Gasteiger partial charge in [-0.2, -0.15) is 9.97 Å². The van der Waals surface area contributed by atoms with Crippen molar-refractivity contribution in [2.45, 2.75) is 48.6 Å². The van der Waals surface area contributed by atoms with E-state index in [1.54, 1.807) is 35.2 Å². The number of carboxylic acid groups (broad SMARTS) is 2. The van der Waals surface area contributed by atoms with Crippen molar-refractivity contribution < 1.29 is 44.6 Å². The fraction of sp³-hybridized carbons (Fsp3) is 0.423. The van der Waals surface area contributed by atoms with Gasteiger partial charge >= 0.3 is 11.9 Å². The molecule has 2 aromatic heterocycles. The number of anilines is 1. The number of carboxylic acids is 2. The minimum Gasteiger partial charge on any atom is -0.479 e. The topological polar surface area (TPSA) is 201 Å². The second-order valence-electron chi connectivity index (χ2n) is 9.87. The van der Waals surface area contributed by atoms with Crippen molar-refractivity contribution in [2.75, 3.05) is 24.6 Å². The zero-order chi connectivity index (χ0) is 29.5. The molecule has 2 aliphatic rings. The number of nitrogens with zero attached hydrogens (tertiary/aromatic N) is 5. The van der Waals surface area contributed by atoms with Crippen molar-refractivity contribution in [2.24, 2.45) is 0 Å². The van der Waals surface area contributed by atoms with Gasteiger partial charge in [0.1, 0.15) is 12.2 Å². The predicted octanol–water partition coefficient (Wildman–Crippen LogP) is -0.159. The molecule has 41 heavy (non-hydrogen) atoms. The van der Waals surface area contributed by atoms with Gasteiger partial charge in [0, 0.05) is 19.5 Å². The first-order valence-electron chi connectivity index (χ1n) is 12.5. The van der Waals surface area contributed by atoms with E-state index in [1.165, 1.54) is 10.9 Å². The molecule has 2 fully saturated rings. The zero-order valence-electron chi connectivity index (χ0n) is 21.4. The summed E-state index contributed by atoms with van der Waals surface area (Å²) in [5, 5.41) is 51.9. The number of terminal acetylenes is 1. The van der Waals surface area contributed by atoms with Gasteiger partial charge in [-0.3, -0.25) is 4.57 Å². The Morgan fingerprint density at radius 1 is 1.22 bits per heavy atom. The third kappa shape index (κ3) is 4.97. The first-order chi connectivity index (χ1) is 19.5. The van der Waals surface area contributed by atoms with Gasteiger partial charge in [0.15, 0.2) is 28.8 Å². The standard InChI is InChI=1S/C26H26ClN5O9/c1-2-25(39)16(12-40-26(22(35)36,23(37)38)10-14-6-4-3-5-7-14)41-21(18(25)34)32-13-28-17-19(29-24(27)30-20(17)32)31-9-8-15(33)11-31/h1,3-7,13,15-16,18,21,33-34,39H,8-12H2,(H,35,36)(H,37,38)/t15?,16-,18+,21-,25-/m1/s1. The highest BCUT2D eigenvalue weighted by atomic mass is 35.5. The molecule has 0 spiro atoms. The first kappa shape index (κ1) is 28.7. The fourth-order valence-electron chi connectivity index (χ4n) is 5.05. The number of ether oxygens (including phenoxy) is 2. The van der Waals surface area contributed by atoms with Crippen LogP contribution in [-0.2, 0) is 25.5 Å². The van der Waals surface area contributed by atoms with Crippen LogP contribution in [0.1, 0.15) is 18.2 Å². The molecule has 3 aromatic rings. The Labute approximate surface area is 237 Å². The van der Waals surface area contributed by atoms with Crippen LogP contribution in [-0.4, -0.2) is 106 Å². The number of fused-ring (bicyclic) bond motifs is 1. The minimum atomic E-state index is -2.75. The number of benzene rings is 1. The maximum absolute atomic E-state index is 12.2. The van der Waals surface area contributed by atoms with Crippen LogP contribution >= 0.6 is 11.6 Å². The number of aromatic nitrogens is 4. The Kier molecular flexibility index (Phi) is 7.60. The van der Waals surface area contributed by atoms with Gasteiger partial charge in [0.05, 0.1) is 19.0 Å². The number of halogens is 1. The molecule has 0 bridgehead atoms. The van der Waals surface area contributed by atoms with Crippen LogP contribution in [0.5, 0.6) is 0 Å². The summed E-state index contributed by atoms with van der Waals surface area (Å²) in [4.78, 5) is 38.9. The van der Waals surface area contributed by atoms with Crippen molar-refractivity contribution in [1.29, 1.82) is 0 Å². The molecule has 0 amide bonds. The van der Waals surface area contributed by atoms with E-state index >= 15 is 0 Å². The minimum absolute atomic E-state index is 0.126. The maximum atomic E-state index is 12.2.